The first-order chi connectivity index (χ1) is 17.5. The lowest BCUT2D eigenvalue weighted by atomic mass is 10.1. The van der Waals surface area contributed by atoms with Gasteiger partial charge in [-0.15, -0.1) is 0 Å². The van der Waals surface area contributed by atoms with Crippen molar-refractivity contribution in [1.82, 2.24) is 19.5 Å². The molecule has 2 N–H and O–H groups in total. The Kier molecular flexibility index (Phi) is 6.40. The van der Waals surface area contributed by atoms with Gasteiger partial charge in [0.1, 0.15) is 12.1 Å². The third-order valence-electron chi connectivity index (χ3n) is 5.97. The van der Waals surface area contributed by atoms with E-state index in [1.54, 1.807) is 26.5 Å². The predicted octanol–water partition coefficient (Wildman–Crippen LogP) is 5.03. The summed E-state index contributed by atoms with van der Waals surface area (Å²) in [4.78, 5) is 13.4. The predicted molar refractivity (Wildman–Crippen MR) is 139 cm³/mol. The Balaban J connectivity index is 1.35. The van der Waals surface area contributed by atoms with Crippen molar-refractivity contribution in [2.45, 2.75) is 20.1 Å². The summed E-state index contributed by atoms with van der Waals surface area (Å²) in [7, 11) is 3.21. The van der Waals surface area contributed by atoms with Gasteiger partial charge in [-0.3, -0.25) is 4.57 Å². The van der Waals surface area contributed by atoms with Gasteiger partial charge < -0.3 is 19.9 Å². The van der Waals surface area contributed by atoms with E-state index in [1.165, 1.54) is 5.56 Å². The molecule has 0 amide bonds. The molecule has 5 aromatic rings. The molecule has 0 unspecified atom stereocenters. The van der Waals surface area contributed by atoms with Gasteiger partial charge in [-0.05, 0) is 42.3 Å². The van der Waals surface area contributed by atoms with Gasteiger partial charge >= 0.3 is 0 Å². The minimum atomic E-state index is 0.360. The van der Waals surface area contributed by atoms with Gasteiger partial charge in [0, 0.05) is 29.6 Å². The molecule has 0 aliphatic heterocycles. The molecule has 0 saturated heterocycles. The standard InChI is InChI=1S/C28H27N5O3/c1-18-4-8-21(9-5-18)22-13-23-27(31-15-22)33(28(29)32-23)16-19-6-10-24(25(12-19)34-2)36-17-20-7-11-26(35-3)30-14-20/h4-15H,16-17H2,1-3H3,(H2,29,32). The van der Waals surface area contributed by atoms with E-state index in [4.69, 9.17) is 19.9 Å². The number of hydrogen-bond donors (Lipinski definition) is 1. The van der Waals surface area contributed by atoms with Crippen molar-refractivity contribution < 1.29 is 14.2 Å². The van der Waals surface area contributed by atoms with Crippen LogP contribution in [0.5, 0.6) is 17.4 Å². The number of nitrogens with two attached hydrogens (primary N) is 1. The van der Waals surface area contributed by atoms with Crippen molar-refractivity contribution in [3.63, 3.8) is 0 Å². The highest BCUT2D eigenvalue weighted by molar-refractivity contribution is 5.80. The number of fused-ring (bicyclic) bond motifs is 1. The second kappa shape index (κ2) is 9.95. The van der Waals surface area contributed by atoms with Crippen molar-refractivity contribution in [2.24, 2.45) is 0 Å². The van der Waals surface area contributed by atoms with Crippen LogP contribution < -0.4 is 19.9 Å². The summed E-state index contributed by atoms with van der Waals surface area (Å²) in [5, 5.41) is 0. The van der Waals surface area contributed by atoms with E-state index >= 15 is 0 Å². The van der Waals surface area contributed by atoms with Gasteiger partial charge in [0.25, 0.3) is 0 Å². The summed E-state index contributed by atoms with van der Waals surface area (Å²) < 4.78 is 18.6. The Bertz CT molecular complexity index is 1490. The number of imidazole rings is 1. The summed E-state index contributed by atoms with van der Waals surface area (Å²) in [6.45, 7) is 2.93. The van der Waals surface area contributed by atoms with Crippen molar-refractivity contribution in [3.8, 4) is 28.5 Å². The fourth-order valence-electron chi connectivity index (χ4n) is 3.98. The highest BCUT2D eigenvalue weighted by Gasteiger charge is 2.13. The molecule has 0 atom stereocenters. The van der Waals surface area contributed by atoms with E-state index in [0.717, 1.165) is 33.4 Å². The lowest BCUT2D eigenvalue weighted by Gasteiger charge is -2.13. The van der Waals surface area contributed by atoms with Crippen LogP contribution in [-0.2, 0) is 13.2 Å². The molecule has 0 spiro atoms. The molecule has 0 aliphatic rings. The number of pyridine rings is 2. The third kappa shape index (κ3) is 4.79. The average molecular weight is 482 g/mol. The van der Waals surface area contributed by atoms with Gasteiger partial charge in [-0.2, -0.15) is 0 Å². The number of anilines is 1. The Morgan fingerprint density at radius 2 is 1.61 bits per heavy atom. The number of nitrogens with zero attached hydrogens (tertiary/aromatic N) is 4. The number of hydrogen-bond acceptors (Lipinski definition) is 7. The maximum Gasteiger partial charge on any atom is 0.212 e. The molecule has 2 aromatic carbocycles. The van der Waals surface area contributed by atoms with Crippen LogP contribution in [0.2, 0.25) is 0 Å². The van der Waals surface area contributed by atoms with Crippen molar-refractivity contribution in [1.29, 1.82) is 0 Å². The minimum absolute atomic E-state index is 0.360. The maximum absolute atomic E-state index is 6.28. The maximum atomic E-state index is 6.28. The minimum Gasteiger partial charge on any atom is -0.493 e. The molecule has 8 heteroatoms. The van der Waals surface area contributed by atoms with Crippen molar-refractivity contribution in [3.05, 3.63) is 89.7 Å². The first-order valence-corrected chi connectivity index (χ1v) is 11.5. The molecule has 3 aromatic heterocycles. The summed E-state index contributed by atoms with van der Waals surface area (Å²) >= 11 is 0. The Hall–Kier alpha value is -4.59. The van der Waals surface area contributed by atoms with Crippen LogP contribution in [-0.4, -0.2) is 33.7 Å². The zero-order valence-electron chi connectivity index (χ0n) is 20.4. The number of benzene rings is 2. The van der Waals surface area contributed by atoms with E-state index in [-0.39, 0.29) is 0 Å². The quantitative estimate of drug-likeness (QED) is 0.332. The normalized spacial score (nSPS) is 11.0. The Morgan fingerprint density at radius 1 is 0.806 bits per heavy atom. The fraction of sp³-hybridized carbons (Fsp3) is 0.179. The summed E-state index contributed by atoms with van der Waals surface area (Å²) in [5.41, 5.74) is 13.0. The van der Waals surface area contributed by atoms with Crippen molar-refractivity contribution in [2.75, 3.05) is 20.0 Å². The van der Waals surface area contributed by atoms with Crippen LogP contribution in [0.1, 0.15) is 16.7 Å². The second-order valence-electron chi connectivity index (χ2n) is 8.47. The van der Waals surface area contributed by atoms with Crippen LogP contribution in [0.4, 0.5) is 5.95 Å². The molecule has 36 heavy (non-hydrogen) atoms. The molecule has 182 valence electrons. The second-order valence-corrected chi connectivity index (χ2v) is 8.47. The van der Waals surface area contributed by atoms with Crippen LogP contribution in [0.25, 0.3) is 22.3 Å². The molecular weight excluding hydrogens is 454 g/mol. The van der Waals surface area contributed by atoms with Crippen LogP contribution in [0, 0.1) is 6.92 Å². The highest BCUT2D eigenvalue weighted by atomic mass is 16.5. The number of nitrogen functional groups attached to an aromatic ring is 1. The van der Waals surface area contributed by atoms with E-state index in [2.05, 4.69) is 46.1 Å². The smallest absolute Gasteiger partial charge is 0.212 e. The number of methoxy groups -OCH3 is 2. The number of aryl methyl sites for hydroxylation is 1. The fourth-order valence-corrected chi connectivity index (χ4v) is 3.98. The summed E-state index contributed by atoms with van der Waals surface area (Å²) in [5.74, 6) is 2.24. The van der Waals surface area contributed by atoms with E-state index in [9.17, 15) is 0 Å². The van der Waals surface area contributed by atoms with E-state index < -0.39 is 0 Å². The lowest BCUT2D eigenvalue weighted by Crippen LogP contribution is -2.06. The summed E-state index contributed by atoms with van der Waals surface area (Å²) in [6.07, 6.45) is 3.58. The molecule has 0 bridgehead atoms. The molecule has 0 aliphatic carbocycles. The first-order valence-electron chi connectivity index (χ1n) is 11.5. The highest BCUT2D eigenvalue weighted by Crippen LogP contribution is 2.30. The molecular formula is C28H27N5O3. The Labute approximate surface area is 209 Å². The van der Waals surface area contributed by atoms with Gasteiger partial charge in [0.2, 0.25) is 11.8 Å². The number of ether oxygens (including phenoxy) is 3. The SMILES string of the molecule is COc1ccc(COc2ccc(Cn3c(N)nc4cc(-c5ccc(C)cc5)cnc43)cc2OC)cn1. The first kappa shape index (κ1) is 23.2. The molecule has 3 heterocycles. The van der Waals surface area contributed by atoms with Gasteiger partial charge in [0.15, 0.2) is 17.1 Å². The van der Waals surface area contributed by atoms with Crippen LogP contribution in [0.15, 0.2) is 73.1 Å². The van der Waals surface area contributed by atoms with Gasteiger partial charge in [0.05, 0.1) is 20.8 Å². The zero-order chi connectivity index (χ0) is 25.1. The molecule has 0 radical (unpaired) electrons. The average Bonchev–Trinajstić information content (AvgIpc) is 3.22. The summed E-state index contributed by atoms with van der Waals surface area (Å²) in [6, 6.07) is 19.9. The zero-order valence-corrected chi connectivity index (χ0v) is 20.4. The van der Waals surface area contributed by atoms with E-state index in [1.807, 2.05) is 41.1 Å². The van der Waals surface area contributed by atoms with Gasteiger partial charge in [-0.1, -0.05) is 35.9 Å². The third-order valence-corrected chi connectivity index (χ3v) is 5.97. The topological polar surface area (TPSA) is 97.3 Å². The van der Waals surface area contributed by atoms with E-state index in [0.29, 0.717) is 36.5 Å². The number of rotatable bonds is 8. The molecule has 8 nitrogen and oxygen atoms in total. The number of aromatic nitrogens is 4. The molecule has 5 rings (SSSR count). The van der Waals surface area contributed by atoms with Gasteiger partial charge in [-0.25, -0.2) is 15.0 Å². The lowest BCUT2D eigenvalue weighted by molar-refractivity contribution is 0.283. The van der Waals surface area contributed by atoms with Crippen LogP contribution >= 0.6 is 0 Å². The van der Waals surface area contributed by atoms with Crippen LogP contribution in [0.3, 0.4) is 0 Å². The molecule has 0 fully saturated rings. The monoisotopic (exact) mass is 481 g/mol. The molecule has 0 saturated carbocycles. The largest absolute Gasteiger partial charge is 0.493 e. The Morgan fingerprint density at radius 3 is 2.33 bits per heavy atom. The van der Waals surface area contributed by atoms with Crippen molar-refractivity contribution >= 4 is 17.1 Å².